The number of rotatable bonds is 3. The van der Waals surface area contributed by atoms with Crippen LogP contribution in [0.25, 0.3) is 0 Å². The molecule has 0 aromatic carbocycles. The Labute approximate surface area is 57.5 Å². The summed E-state index contributed by atoms with van der Waals surface area (Å²) in [6.07, 6.45) is 1.99. The monoisotopic (exact) mass is 128 g/mol. The number of nitrogens with zero attached hydrogens (tertiary/aromatic N) is 1. The van der Waals surface area contributed by atoms with E-state index in [9.17, 15) is 0 Å². The van der Waals surface area contributed by atoms with E-state index in [1.807, 2.05) is 13.2 Å². The van der Waals surface area contributed by atoms with Crippen molar-refractivity contribution in [2.45, 2.75) is 13.8 Å². The number of hydrogen-bond donors (Lipinski definition) is 1. The second kappa shape index (κ2) is 4.24. The summed E-state index contributed by atoms with van der Waals surface area (Å²) in [7, 11) is 3.98. The van der Waals surface area contributed by atoms with Crippen molar-refractivity contribution in [1.29, 1.82) is 0 Å². The van der Waals surface area contributed by atoms with Crippen LogP contribution in [0, 0.1) is 0 Å². The molecule has 0 amide bonds. The molecule has 0 aromatic heterocycles. The maximum Gasteiger partial charge on any atom is 0.0258 e. The molecule has 0 bridgehead atoms. The second-order valence-corrected chi connectivity index (χ2v) is 2.09. The lowest BCUT2D eigenvalue weighted by atomic mass is 10.4. The summed E-state index contributed by atoms with van der Waals surface area (Å²) in [4.78, 5) is 2.18. The lowest BCUT2D eigenvalue weighted by Crippen LogP contribution is -2.16. The van der Waals surface area contributed by atoms with Crippen LogP contribution >= 0.6 is 0 Å². The lowest BCUT2D eigenvalue weighted by Gasteiger charge is -2.16. The van der Waals surface area contributed by atoms with Gasteiger partial charge in [0.1, 0.15) is 0 Å². The Morgan fingerprint density at radius 1 is 1.67 bits per heavy atom. The number of allylic oxidation sites excluding steroid dienone is 1. The summed E-state index contributed by atoms with van der Waals surface area (Å²) >= 11 is 0. The molecule has 0 saturated carbocycles. The van der Waals surface area contributed by atoms with Gasteiger partial charge in [-0.25, -0.2) is 0 Å². The van der Waals surface area contributed by atoms with Gasteiger partial charge in [0.05, 0.1) is 0 Å². The molecule has 9 heavy (non-hydrogen) atoms. The molecule has 0 unspecified atom stereocenters. The van der Waals surface area contributed by atoms with Crippen molar-refractivity contribution < 1.29 is 0 Å². The first-order chi connectivity index (χ1) is 4.22. The average Bonchev–Trinajstić information content (AvgIpc) is 1.87. The predicted octanol–water partition coefficient (Wildman–Crippen LogP) is 1.02. The van der Waals surface area contributed by atoms with Gasteiger partial charge in [-0.1, -0.05) is 0 Å². The zero-order chi connectivity index (χ0) is 7.28. The molecule has 0 saturated heterocycles. The SMILES string of the molecule is CCN(C)/C(C)=C/NC. The normalized spacial score (nSPS) is 11.3. The molecule has 0 radical (unpaired) electrons. The summed E-state index contributed by atoms with van der Waals surface area (Å²) in [5, 5.41) is 2.98. The highest BCUT2D eigenvalue weighted by Gasteiger charge is 1.91. The van der Waals surface area contributed by atoms with Crippen LogP contribution in [0.1, 0.15) is 13.8 Å². The molecule has 2 nitrogen and oxygen atoms in total. The van der Waals surface area contributed by atoms with E-state index in [0.717, 1.165) is 6.54 Å². The van der Waals surface area contributed by atoms with Crippen molar-refractivity contribution in [2.24, 2.45) is 0 Å². The summed E-state index contributed by atoms with van der Waals surface area (Å²) in [6, 6.07) is 0. The van der Waals surface area contributed by atoms with Crippen LogP contribution in [0.3, 0.4) is 0 Å². The van der Waals surface area contributed by atoms with Crippen LogP contribution in [0.5, 0.6) is 0 Å². The molecule has 0 aliphatic heterocycles. The Morgan fingerprint density at radius 3 is 2.56 bits per heavy atom. The fourth-order valence-corrected chi connectivity index (χ4v) is 0.568. The lowest BCUT2D eigenvalue weighted by molar-refractivity contribution is 0.440. The van der Waals surface area contributed by atoms with Gasteiger partial charge in [-0.15, -0.1) is 0 Å². The van der Waals surface area contributed by atoms with E-state index in [1.165, 1.54) is 5.70 Å². The topological polar surface area (TPSA) is 15.3 Å². The van der Waals surface area contributed by atoms with Crippen LogP contribution in [0.15, 0.2) is 11.9 Å². The van der Waals surface area contributed by atoms with E-state index in [0.29, 0.717) is 0 Å². The van der Waals surface area contributed by atoms with E-state index in [-0.39, 0.29) is 0 Å². The maximum absolute atomic E-state index is 2.98. The quantitative estimate of drug-likeness (QED) is 0.610. The van der Waals surface area contributed by atoms with E-state index in [4.69, 9.17) is 0 Å². The number of nitrogens with one attached hydrogen (secondary N) is 1. The van der Waals surface area contributed by atoms with Gasteiger partial charge in [0.15, 0.2) is 0 Å². The molecular weight excluding hydrogens is 112 g/mol. The standard InChI is InChI=1S/C7H16N2/c1-5-9(4)7(2)6-8-3/h6,8H,5H2,1-4H3/b7-6+. The third kappa shape index (κ3) is 3.01. The van der Waals surface area contributed by atoms with Crippen LogP contribution in [-0.4, -0.2) is 25.5 Å². The smallest absolute Gasteiger partial charge is 0.0258 e. The molecule has 0 fully saturated rings. The summed E-state index contributed by atoms with van der Waals surface area (Å²) < 4.78 is 0. The van der Waals surface area contributed by atoms with E-state index in [2.05, 4.69) is 31.1 Å². The molecule has 0 aromatic rings. The molecular formula is C7H16N2. The predicted molar refractivity (Wildman–Crippen MR) is 41.1 cm³/mol. The minimum atomic E-state index is 1.06. The van der Waals surface area contributed by atoms with E-state index < -0.39 is 0 Å². The second-order valence-electron chi connectivity index (χ2n) is 2.09. The van der Waals surface area contributed by atoms with Gasteiger partial charge in [-0.3, -0.25) is 0 Å². The molecule has 0 aliphatic rings. The van der Waals surface area contributed by atoms with Crippen molar-refractivity contribution in [1.82, 2.24) is 10.2 Å². The van der Waals surface area contributed by atoms with E-state index in [1.54, 1.807) is 0 Å². The molecule has 0 heterocycles. The van der Waals surface area contributed by atoms with Crippen molar-refractivity contribution >= 4 is 0 Å². The molecule has 2 heteroatoms. The van der Waals surface area contributed by atoms with Crippen molar-refractivity contribution in [3.63, 3.8) is 0 Å². The molecule has 0 aliphatic carbocycles. The van der Waals surface area contributed by atoms with Crippen molar-refractivity contribution in [2.75, 3.05) is 20.6 Å². The maximum atomic E-state index is 2.98. The van der Waals surface area contributed by atoms with Crippen molar-refractivity contribution in [3.8, 4) is 0 Å². The van der Waals surface area contributed by atoms with Gasteiger partial charge in [0.2, 0.25) is 0 Å². The van der Waals surface area contributed by atoms with Gasteiger partial charge >= 0.3 is 0 Å². The zero-order valence-electron chi connectivity index (χ0n) is 6.73. The molecule has 54 valence electrons. The van der Waals surface area contributed by atoms with Gasteiger partial charge in [0, 0.05) is 32.5 Å². The highest BCUT2D eigenvalue weighted by atomic mass is 15.1. The minimum Gasteiger partial charge on any atom is -0.393 e. The van der Waals surface area contributed by atoms with Crippen molar-refractivity contribution in [3.05, 3.63) is 11.9 Å². The van der Waals surface area contributed by atoms with Crippen LogP contribution in [0.2, 0.25) is 0 Å². The molecule has 0 rings (SSSR count). The summed E-state index contributed by atoms with van der Waals surface area (Å²) in [5.41, 5.74) is 1.26. The van der Waals surface area contributed by atoms with Gasteiger partial charge in [-0.05, 0) is 13.8 Å². The zero-order valence-corrected chi connectivity index (χ0v) is 6.73. The van der Waals surface area contributed by atoms with Gasteiger partial charge in [-0.2, -0.15) is 0 Å². The third-order valence-corrected chi connectivity index (χ3v) is 1.43. The van der Waals surface area contributed by atoms with Gasteiger partial charge < -0.3 is 10.2 Å². The Hall–Kier alpha value is -0.660. The van der Waals surface area contributed by atoms with Crippen LogP contribution in [-0.2, 0) is 0 Å². The summed E-state index contributed by atoms with van der Waals surface area (Å²) in [6.45, 7) is 5.27. The highest BCUT2D eigenvalue weighted by Crippen LogP contribution is 1.95. The molecule has 0 atom stereocenters. The average molecular weight is 128 g/mol. The first-order valence-electron chi connectivity index (χ1n) is 3.27. The first kappa shape index (κ1) is 8.34. The fourth-order valence-electron chi connectivity index (χ4n) is 0.568. The number of hydrogen-bond acceptors (Lipinski definition) is 2. The first-order valence-corrected chi connectivity index (χ1v) is 3.27. The Kier molecular flexibility index (Phi) is 3.93. The largest absolute Gasteiger partial charge is 0.393 e. The van der Waals surface area contributed by atoms with Gasteiger partial charge in [0.25, 0.3) is 0 Å². The minimum absolute atomic E-state index is 1.06. The fraction of sp³-hybridized carbons (Fsp3) is 0.714. The highest BCUT2D eigenvalue weighted by molar-refractivity contribution is 4.93. The molecule has 0 spiro atoms. The summed E-state index contributed by atoms with van der Waals surface area (Å²) in [5.74, 6) is 0. The van der Waals surface area contributed by atoms with Crippen LogP contribution < -0.4 is 5.32 Å². The van der Waals surface area contributed by atoms with E-state index >= 15 is 0 Å². The third-order valence-electron chi connectivity index (χ3n) is 1.43. The Bertz CT molecular complexity index is 97.1. The van der Waals surface area contributed by atoms with Crippen LogP contribution in [0.4, 0.5) is 0 Å². The Morgan fingerprint density at radius 2 is 2.22 bits per heavy atom. The molecule has 1 N–H and O–H groups in total. The Balaban J connectivity index is 3.70.